The second kappa shape index (κ2) is 8.32. The van der Waals surface area contributed by atoms with Crippen LogP contribution >= 0.6 is 12.4 Å². The number of rotatable bonds is 4. The van der Waals surface area contributed by atoms with Crippen molar-refractivity contribution in [1.82, 2.24) is 10.0 Å². The highest BCUT2D eigenvalue weighted by Crippen LogP contribution is 2.30. The van der Waals surface area contributed by atoms with E-state index >= 15 is 0 Å². The van der Waals surface area contributed by atoms with Crippen molar-refractivity contribution in [2.75, 3.05) is 19.7 Å². The average Bonchev–Trinajstić information content (AvgIpc) is 3.12. The molecule has 2 atom stereocenters. The molecule has 0 amide bonds. The third-order valence-corrected chi connectivity index (χ3v) is 6.62. The fraction of sp³-hybridized carbons (Fsp3) is 0.368. The molecule has 0 bridgehead atoms. The Morgan fingerprint density at radius 3 is 2.71 bits per heavy atom. The first-order valence-electron chi connectivity index (χ1n) is 8.88. The number of hydrogen-bond donors (Lipinski definition) is 2. The zero-order valence-electron chi connectivity index (χ0n) is 15.0. The Morgan fingerprint density at radius 2 is 1.93 bits per heavy atom. The van der Waals surface area contributed by atoms with Crippen LogP contribution in [0.25, 0.3) is 0 Å². The maximum atomic E-state index is 13.7. The van der Waals surface area contributed by atoms with Gasteiger partial charge in [-0.15, -0.1) is 12.4 Å². The van der Waals surface area contributed by atoms with E-state index in [1.165, 1.54) is 12.1 Å². The quantitative estimate of drug-likeness (QED) is 0.782. The number of benzene rings is 2. The highest BCUT2D eigenvalue weighted by molar-refractivity contribution is 7.89. The zero-order valence-corrected chi connectivity index (χ0v) is 16.6. The molecule has 2 aliphatic rings. The normalized spacial score (nSPS) is 21.5. The molecule has 0 saturated carbocycles. The number of halogens is 3. The second-order valence-electron chi connectivity index (χ2n) is 6.87. The Hall–Kier alpha value is -1.74. The van der Waals surface area contributed by atoms with Crippen molar-refractivity contribution in [2.45, 2.75) is 29.7 Å². The molecule has 2 aliphatic heterocycles. The van der Waals surface area contributed by atoms with E-state index in [4.69, 9.17) is 4.74 Å². The lowest BCUT2D eigenvalue weighted by molar-refractivity contribution is 0.356. The van der Waals surface area contributed by atoms with Gasteiger partial charge in [0.1, 0.15) is 5.75 Å². The van der Waals surface area contributed by atoms with Crippen LogP contribution in [-0.2, 0) is 16.4 Å². The van der Waals surface area contributed by atoms with Gasteiger partial charge in [0, 0.05) is 24.9 Å². The van der Waals surface area contributed by atoms with Crippen LogP contribution in [0.15, 0.2) is 41.3 Å². The third-order valence-electron chi connectivity index (χ3n) is 5.13. The predicted octanol–water partition coefficient (Wildman–Crippen LogP) is 2.75. The lowest BCUT2D eigenvalue weighted by Crippen LogP contribution is -2.49. The van der Waals surface area contributed by atoms with Crippen molar-refractivity contribution >= 4 is 22.4 Å². The first kappa shape index (κ1) is 21.0. The third kappa shape index (κ3) is 4.15. The number of piperidine rings is 1. The molecule has 2 heterocycles. The highest BCUT2D eigenvalue weighted by Gasteiger charge is 2.31. The van der Waals surface area contributed by atoms with Gasteiger partial charge in [-0.1, -0.05) is 6.07 Å². The lowest BCUT2D eigenvalue weighted by Gasteiger charge is -2.33. The fourth-order valence-electron chi connectivity index (χ4n) is 3.72. The van der Waals surface area contributed by atoms with E-state index in [2.05, 4.69) is 10.0 Å². The molecule has 4 rings (SSSR count). The zero-order chi connectivity index (χ0) is 19.0. The Morgan fingerprint density at radius 1 is 1.11 bits per heavy atom. The van der Waals surface area contributed by atoms with Gasteiger partial charge in [0.05, 0.1) is 11.5 Å². The van der Waals surface area contributed by atoms with Crippen LogP contribution < -0.4 is 14.8 Å². The molecule has 28 heavy (non-hydrogen) atoms. The first-order valence-corrected chi connectivity index (χ1v) is 10.4. The molecule has 1 saturated heterocycles. The summed E-state index contributed by atoms with van der Waals surface area (Å²) in [5.41, 5.74) is 1.46. The summed E-state index contributed by atoms with van der Waals surface area (Å²) in [6.07, 6.45) is 1.30. The number of ether oxygens (including phenoxy) is 1. The maximum Gasteiger partial charge on any atom is 0.240 e. The van der Waals surface area contributed by atoms with Gasteiger partial charge in [0.25, 0.3) is 0 Å². The SMILES string of the molecule is Cl.O=S(=O)(NC1CNCCC1c1ccc(F)c(F)c1)c1ccc2c(c1)CCO2. The van der Waals surface area contributed by atoms with E-state index in [1.54, 1.807) is 12.1 Å². The molecule has 2 N–H and O–H groups in total. The Kier molecular flexibility index (Phi) is 6.24. The van der Waals surface area contributed by atoms with E-state index in [-0.39, 0.29) is 23.2 Å². The molecule has 2 aromatic rings. The van der Waals surface area contributed by atoms with Crippen LogP contribution in [0.5, 0.6) is 5.75 Å². The summed E-state index contributed by atoms with van der Waals surface area (Å²) < 4.78 is 60.8. The average molecular weight is 431 g/mol. The van der Waals surface area contributed by atoms with E-state index in [0.717, 1.165) is 17.7 Å². The van der Waals surface area contributed by atoms with Crippen molar-refractivity contribution in [3.05, 3.63) is 59.2 Å². The van der Waals surface area contributed by atoms with Crippen LogP contribution in [-0.4, -0.2) is 34.2 Å². The standard InChI is InChI=1S/C19H20F2N2O3S.ClH/c20-16-3-1-12(10-17(16)21)15-5-7-22-11-18(15)23-27(24,25)14-2-4-19-13(9-14)6-8-26-19;/h1-4,9-10,15,18,22-23H,5-8,11H2;1H. The van der Waals surface area contributed by atoms with Gasteiger partial charge >= 0.3 is 0 Å². The number of nitrogens with one attached hydrogen (secondary N) is 2. The smallest absolute Gasteiger partial charge is 0.240 e. The van der Waals surface area contributed by atoms with E-state index < -0.39 is 27.7 Å². The molecule has 9 heteroatoms. The Balaban J connectivity index is 0.00000225. The number of fused-ring (bicyclic) bond motifs is 1. The Bertz CT molecular complexity index is 972. The molecular formula is C19H21ClF2N2O3S. The van der Waals surface area contributed by atoms with Crippen molar-refractivity contribution < 1.29 is 21.9 Å². The van der Waals surface area contributed by atoms with Crippen molar-refractivity contribution in [2.24, 2.45) is 0 Å². The molecule has 0 aromatic heterocycles. The Labute approximate surface area is 168 Å². The molecule has 0 radical (unpaired) electrons. The second-order valence-corrected chi connectivity index (χ2v) is 8.58. The van der Waals surface area contributed by atoms with E-state index in [1.807, 2.05) is 0 Å². The van der Waals surface area contributed by atoms with Crippen LogP contribution in [0.4, 0.5) is 8.78 Å². The van der Waals surface area contributed by atoms with Crippen molar-refractivity contribution in [3.8, 4) is 5.75 Å². The minimum absolute atomic E-state index is 0. The van der Waals surface area contributed by atoms with E-state index in [9.17, 15) is 17.2 Å². The van der Waals surface area contributed by atoms with Gasteiger partial charge in [0.2, 0.25) is 10.0 Å². The number of sulfonamides is 1. The number of hydrogen-bond acceptors (Lipinski definition) is 4. The largest absolute Gasteiger partial charge is 0.493 e. The summed E-state index contributed by atoms with van der Waals surface area (Å²) in [4.78, 5) is 0.182. The van der Waals surface area contributed by atoms with Crippen molar-refractivity contribution in [1.29, 1.82) is 0 Å². The summed E-state index contributed by atoms with van der Waals surface area (Å²) in [5, 5.41) is 3.16. The fourth-order valence-corrected chi connectivity index (χ4v) is 5.05. The first-order chi connectivity index (χ1) is 12.9. The monoisotopic (exact) mass is 430 g/mol. The summed E-state index contributed by atoms with van der Waals surface area (Å²) in [5.74, 6) is -1.36. The van der Waals surface area contributed by atoms with Crippen molar-refractivity contribution in [3.63, 3.8) is 0 Å². The van der Waals surface area contributed by atoms with Crippen LogP contribution in [0.1, 0.15) is 23.5 Å². The van der Waals surface area contributed by atoms with Gasteiger partial charge in [-0.3, -0.25) is 0 Å². The summed E-state index contributed by atoms with van der Waals surface area (Å²) >= 11 is 0. The van der Waals surface area contributed by atoms with Gasteiger partial charge in [-0.25, -0.2) is 21.9 Å². The van der Waals surface area contributed by atoms with Crippen LogP contribution in [0.2, 0.25) is 0 Å². The molecular weight excluding hydrogens is 410 g/mol. The minimum atomic E-state index is -3.75. The summed E-state index contributed by atoms with van der Waals surface area (Å²) in [7, 11) is -3.75. The van der Waals surface area contributed by atoms with Crippen LogP contribution in [0, 0.1) is 11.6 Å². The van der Waals surface area contributed by atoms with Gasteiger partial charge in [0.15, 0.2) is 11.6 Å². The summed E-state index contributed by atoms with van der Waals surface area (Å²) in [6, 6.07) is 8.12. The van der Waals surface area contributed by atoms with Gasteiger partial charge in [-0.2, -0.15) is 0 Å². The molecule has 152 valence electrons. The topological polar surface area (TPSA) is 67.4 Å². The van der Waals surface area contributed by atoms with Gasteiger partial charge in [-0.05, 0) is 54.4 Å². The highest BCUT2D eigenvalue weighted by atomic mass is 35.5. The maximum absolute atomic E-state index is 13.7. The van der Waals surface area contributed by atoms with Crippen LogP contribution in [0.3, 0.4) is 0 Å². The molecule has 0 aliphatic carbocycles. The molecule has 5 nitrogen and oxygen atoms in total. The van der Waals surface area contributed by atoms with E-state index in [0.29, 0.717) is 43.9 Å². The molecule has 2 unspecified atom stereocenters. The predicted molar refractivity (Wildman–Crippen MR) is 104 cm³/mol. The molecule has 1 fully saturated rings. The minimum Gasteiger partial charge on any atom is -0.493 e. The summed E-state index contributed by atoms with van der Waals surface area (Å²) in [6.45, 7) is 1.64. The molecule has 2 aromatic carbocycles. The lowest BCUT2D eigenvalue weighted by atomic mass is 9.86. The van der Waals surface area contributed by atoms with Gasteiger partial charge < -0.3 is 10.1 Å². The molecule has 0 spiro atoms.